The number of nitrogens with one attached hydrogen (secondary N) is 1. The van der Waals surface area contributed by atoms with Crippen molar-refractivity contribution in [3.05, 3.63) is 30.0 Å². The van der Waals surface area contributed by atoms with Crippen molar-refractivity contribution in [2.24, 2.45) is 5.92 Å². The first-order chi connectivity index (χ1) is 9.69. The van der Waals surface area contributed by atoms with Crippen LogP contribution in [0.2, 0.25) is 0 Å². The summed E-state index contributed by atoms with van der Waals surface area (Å²) >= 11 is 0. The van der Waals surface area contributed by atoms with Crippen LogP contribution in [0.15, 0.2) is 24.3 Å². The first-order valence-electron chi connectivity index (χ1n) is 7.14. The molecule has 0 atom stereocenters. The van der Waals surface area contributed by atoms with Gasteiger partial charge in [-0.3, -0.25) is 4.79 Å². The number of amides is 1. The number of piperidine rings is 1. The molecule has 1 N–H and O–H groups in total. The fourth-order valence-corrected chi connectivity index (χ4v) is 2.80. The first kappa shape index (κ1) is 13.0. The molecule has 0 saturated carbocycles. The number of hydrogen-bond acceptors (Lipinski definition) is 2. The Morgan fingerprint density at radius 2 is 2.10 bits per heavy atom. The van der Waals surface area contributed by atoms with Gasteiger partial charge in [-0.2, -0.15) is 0 Å². The van der Waals surface area contributed by atoms with Gasteiger partial charge in [0.1, 0.15) is 11.4 Å². The van der Waals surface area contributed by atoms with E-state index < -0.39 is 0 Å². The molecule has 1 aliphatic rings. The average Bonchev–Trinajstić information content (AvgIpc) is 2.91. The van der Waals surface area contributed by atoms with E-state index in [9.17, 15) is 4.79 Å². The highest BCUT2D eigenvalue weighted by atomic mass is 16.5. The first-order valence-corrected chi connectivity index (χ1v) is 7.14. The zero-order chi connectivity index (χ0) is 14.1. The number of aromatic nitrogens is 1. The number of benzene rings is 1. The number of aromatic amines is 1. The second-order valence-electron chi connectivity index (χ2n) is 5.58. The molecule has 0 radical (unpaired) electrons. The zero-order valence-corrected chi connectivity index (χ0v) is 12.0. The zero-order valence-electron chi connectivity index (χ0n) is 12.0. The van der Waals surface area contributed by atoms with Gasteiger partial charge in [0.25, 0.3) is 5.91 Å². The number of hydrogen-bond donors (Lipinski definition) is 1. The molecule has 20 heavy (non-hydrogen) atoms. The number of carbonyl (C=O) groups excluding carboxylic acids is 1. The van der Waals surface area contributed by atoms with Gasteiger partial charge in [0.05, 0.1) is 12.6 Å². The third kappa shape index (κ3) is 2.26. The van der Waals surface area contributed by atoms with Crippen LogP contribution < -0.4 is 4.74 Å². The molecule has 4 nitrogen and oxygen atoms in total. The predicted molar refractivity (Wildman–Crippen MR) is 79.2 cm³/mol. The van der Waals surface area contributed by atoms with Crippen molar-refractivity contribution in [2.75, 3.05) is 20.2 Å². The van der Waals surface area contributed by atoms with Crippen molar-refractivity contribution in [2.45, 2.75) is 19.8 Å². The minimum Gasteiger partial charge on any atom is -0.495 e. The summed E-state index contributed by atoms with van der Waals surface area (Å²) in [4.78, 5) is 17.7. The normalized spacial score (nSPS) is 16.6. The second kappa shape index (κ2) is 5.19. The maximum absolute atomic E-state index is 12.5. The lowest BCUT2D eigenvalue weighted by atomic mass is 9.99. The number of H-pyrrole nitrogens is 1. The Bertz CT molecular complexity index is 624. The van der Waals surface area contributed by atoms with E-state index in [0.717, 1.165) is 48.5 Å². The van der Waals surface area contributed by atoms with E-state index in [1.807, 2.05) is 29.2 Å². The summed E-state index contributed by atoms with van der Waals surface area (Å²) < 4.78 is 5.32. The van der Waals surface area contributed by atoms with Crippen LogP contribution in [0.25, 0.3) is 10.9 Å². The van der Waals surface area contributed by atoms with Crippen LogP contribution in [0.1, 0.15) is 30.3 Å². The topological polar surface area (TPSA) is 45.3 Å². The number of carbonyl (C=O) groups is 1. The van der Waals surface area contributed by atoms with Gasteiger partial charge in [0.15, 0.2) is 0 Å². The van der Waals surface area contributed by atoms with E-state index in [2.05, 4.69) is 11.9 Å². The molecule has 106 valence electrons. The molecule has 1 aliphatic heterocycles. The van der Waals surface area contributed by atoms with Crippen LogP contribution in [0.5, 0.6) is 5.75 Å². The molecular weight excluding hydrogens is 252 g/mol. The molecule has 1 saturated heterocycles. The van der Waals surface area contributed by atoms with E-state index >= 15 is 0 Å². The molecule has 4 heteroatoms. The van der Waals surface area contributed by atoms with E-state index in [4.69, 9.17) is 4.74 Å². The van der Waals surface area contributed by atoms with E-state index in [1.165, 1.54) is 0 Å². The second-order valence-corrected chi connectivity index (χ2v) is 5.58. The molecule has 0 spiro atoms. The molecule has 0 aliphatic carbocycles. The van der Waals surface area contributed by atoms with Crippen molar-refractivity contribution >= 4 is 16.8 Å². The van der Waals surface area contributed by atoms with Gasteiger partial charge in [0, 0.05) is 18.5 Å². The number of methoxy groups -OCH3 is 1. The van der Waals surface area contributed by atoms with Crippen LogP contribution in [0, 0.1) is 5.92 Å². The maximum atomic E-state index is 12.5. The molecule has 0 unspecified atom stereocenters. The van der Waals surface area contributed by atoms with Gasteiger partial charge in [-0.05, 0) is 30.9 Å². The fourth-order valence-electron chi connectivity index (χ4n) is 2.80. The number of likely N-dealkylation sites (tertiary alicyclic amines) is 1. The molecule has 1 amide bonds. The Balaban J connectivity index is 1.88. The Morgan fingerprint density at radius 1 is 1.35 bits per heavy atom. The van der Waals surface area contributed by atoms with Gasteiger partial charge >= 0.3 is 0 Å². The van der Waals surface area contributed by atoms with E-state index in [-0.39, 0.29) is 5.91 Å². The lowest BCUT2D eigenvalue weighted by Crippen LogP contribution is -2.38. The molecule has 1 fully saturated rings. The summed E-state index contributed by atoms with van der Waals surface area (Å²) in [6.45, 7) is 3.95. The van der Waals surface area contributed by atoms with Gasteiger partial charge in [0.2, 0.25) is 0 Å². The average molecular weight is 272 g/mol. The smallest absolute Gasteiger partial charge is 0.270 e. The third-order valence-electron chi connectivity index (χ3n) is 4.14. The molecular formula is C16H20N2O2. The molecule has 2 heterocycles. The molecule has 0 bridgehead atoms. The van der Waals surface area contributed by atoms with Crippen molar-refractivity contribution in [1.82, 2.24) is 9.88 Å². The van der Waals surface area contributed by atoms with Gasteiger partial charge in [-0.1, -0.05) is 19.1 Å². The summed E-state index contributed by atoms with van der Waals surface area (Å²) in [5.41, 5.74) is 1.54. The maximum Gasteiger partial charge on any atom is 0.270 e. The fraction of sp³-hybridized carbons (Fsp3) is 0.438. The number of nitrogens with zero attached hydrogens (tertiary/aromatic N) is 1. The summed E-state index contributed by atoms with van der Waals surface area (Å²) in [6, 6.07) is 7.74. The summed E-state index contributed by atoms with van der Waals surface area (Å²) in [5, 5.41) is 1.01. The van der Waals surface area contributed by atoms with Crippen LogP contribution in [0.3, 0.4) is 0 Å². The minimum absolute atomic E-state index is 0.0927. The number of para-hydroxylation sites is 1. The van der Waals surface area contributed by atoms with Crippen molar-refractivity contribution in [3.8, 4) is 5.75 Å². The quantitative estimate of drug-likeness (QED) is 0.913. The van der Waals surface area contributed by atoms with Crippen molar-refractivity contribution in [3.63, 3.8) is 0 Å². The number of rotatable bonds is 2. The van der Waals surface area contributed by atoms with Crippen LogP contribution in [-0.2, 0) is 0 Å². The lowest BCUT2D eigenvalue weighted by Gasteiger charge is -2.29. The van der Waals surface area contributed by atoms with Gasteiger partial charge in [-0.15, -0.1) is 0 Å². The highest BCUT2D eigenvalue weighted by molar-refractivity contribution is 5.99. The Hall–Kier alpha value is -1.97. The largest absolute Gasteiger partial charge is 0.495 e. The van der Waals surface area contributed by atoms with Crippen molar-refractivity contribution in [1.29, 1.82) is 0 Å². The SMILES string of the molecule is COc1cccc2cc(C(=O)N3CCC(C)CC3)[nH]c12. The van der Waals surface area contributed by atoms with Crippen LogP contribution in [-0.4, -0.2) is 36.0 Å². The number of fused-ring (bicyclic) bond motifs is 1. The van der Waals surface area contributed by atoms with Crippen LogP contribution >= 0.6 is 0 Å². The Labute approximate surface area is 118 Å². The third-order valence-corrected chi connectivity index (χ3v) is 4.14. The Morgan fingerprint density at radius 3 is 2.80 bits per heavy atom. The highest BCUT2D eigenvalue weighted by Gasteiger charge is 2.22. The monoisotopic (exact) mass is 272 g/mol. The standard InChI is InChI=1S/C16H20N2O2/c1-11-6-8-18(9-7-11)16(19)13-10-12-4-3-5-14(20-2)15(12)17-13/h3-5,10-11,17H,6-9H2,1-2H3. The van der Waals surface area contributed by atoms with E-state index in [1.54, 1.807) is 7.11 Å². The van der Waals surface area contributed by atoms with Gasteiger partial charge in [-0.25, -0.2) is 0 Å². The summed E-state index contributed by atoms with van der Waals surface area (Å²) in [5.74, 6) is 1.59. The summed E-state index contributed by atoms with van der Waals surface area (Å²) in [6.07, 6.45) is 2.19. The minimum atomic E-state index is 0.0927. The van der Waals surface area contributed by atoms with Crippen LogP contribution in [0.4, 0.5) is 0 Å². The highest BCUT2D eigenvalue weighted by Crippen LogP contribution is 2.26. The molecule has 3 rings (SSSR count). The molecule has 1 aromatic carbocycles. The Kier molecular flexibility index (Phi) is 3.38. The summed E-state index contributed by atoms with van der Waals surface area (Å²) in [7, 11) is 1.64. The van der Waals surface area contributed by atoms with Crippen molar-refractivity contribution < 1.29 is 9.53 Å². The van der Waals surface area contributed by atoms with E-state index in [0.29, 0.717) is 5.69 Å². The molecule has 1 aromatic heterocycles. The number of ether oxygens (including phenoxy) is 1. The predicted octanol–water partition coefficient (Wildman–Crippen LogP) is 3.05. The lowest BCUT2D eigenvalue weighted by molar-refractivity contribution is 0.0692. The molecule has 2 aromatic rings. The van der Waals surface area contributed by atoms with Gasteiger partial charge < -0.3 is 14.6 Å².